The Labute approximate surface area is 141 Å². The lowest BCUT2D eigenvalue weighted by Gasteiger charge is -2.04. The maximum absolute atomic E-state index is 11.8. The number of unbranched alkanes of at least 4 members (excludes halogenated alkanes) is 7. The first-order chi connectivity index (χ1) is 11.1. The van der Waals surface area contributed by atoms with Crippen molar-refractivity contribution in [1.82, 2.24) is 5.43 Å². The van der Waals surface area contributed by atoms with Gasteiger partial charge in [-0.2, -0.15) is 5.10 Å². The summed E-state index contributed by atoms with van der Waals surface area (Å²) in [4.78, 5) is 11.8. The highest BCUT2D eigenvalue weighted by molar-refractivity contribution is 5.99. The Morgan fingerprint density at radius 3 is 2.35 bits per heavy atom. The molecule has 3 nitrogen and oxygen atoms in total. The van der Waals surface area contributed by atoms with Crippen LogP contribution in [0.4, 0.5) is 0 Å². The Morgan fingerprint density at radius 1 is 1.04 bits per heavy atom. The molecule has 128 valence electrons. The van der Waals surface area contributed by atoms with Crippen LogP contribution >= 0.6 is 0 Å². The molecule has 3 heteroatoms. The molecule has 0 aromatic heterocycles. The molecule has 1 aromatic carbocycles. The van der Waals surface area contributed by atoms with Gasteiger partial charge in [0.15, 0.2) is 0 Å². The van der Waals surface area contributed by atoms with Crippen molar-refractivity contribution in [2.45, 2.75) is 78.6 Å². The first-order valence-corrected chi connectivity index (χ1v) is 9.03. The molecule has 0 aliphatic heterocycles. The summed E-state index contributed by atoms with van der Waals surface area (Å²) in [5.74, 6) is 0.0167. The minimum atomic E-state index is 0.0167. The Balaban J connectivity index is 2.15. The van der Waals surface area contributed by atoms with Gasteiger partial charge in [-0.25, -0.2) is 5.43 Å². The molecule has 1 amide bonds. The molecule has 0 spiro atoms. The summed E-state index contributed by atoms with van der Waals surface area (Å²) in [6, 6.07) is 8.14. The predicted octanol–water partition coefficient (Wildman–Crippen LogP) is 5.37. The lowest BCUT2D eigenvalue weighted by atomic mass is 10.1. The first kappa shape index (κ1) is 19.4. The summed E-state index contributed by atoms with van der Waals surface area (Å²) in [5, 5.41) is 4.20. The van der Waals surface area contributed by atoms with Gasteiger partial charge in [0.2, 0.25) is 5.91 Å². The van der Waals surface area contributed by atoms with Crippen LogP contribution in [0, 0.1) is 6.92 Å². The van der Waals surface area contributed by atoms with Crippen molar-refractivity contribution in [2.24, 2.45) is 5.10 Å². The second-order valence-corrected chi connectivity index (χ2v) is 6.33. The molecule has 0 fully saturated rings. The van der Waals surface area contributed by atoms with Gasteiger partial charge < -0.3 is 0 Å². The number of nitrogens with one attached hydrogen (secondary N) is 1. The molecule has 0 heterocycles. The van der Waals surface area contributed by atoms with Crippen molar-refractivity contribution < 1.29 is 4.79 Å². The van der Waals surface area contributed by atoms with Crippen molar-refractivity contribution in [1.29, 1.82) is 0 Å². The van der Waals surface area contributed by atoms with E-state index in [1.165, 1.54) is 44.1 Å². The van der Waals surface area contributed by atoms with Crippen molar-refractivity contribution in [3.8, 4) is 0 Å². The van der Waals surface area contributed by atoms with Crippen LogP contribution in [0.5, 0.6) is 0 Å². The number of carbonyl (C=O) groups excluding carboxylic acids is 1. The van der Waals surface area contributed by atoms with Gasteiger partial charge in [0.25, 0.3) is 0 Å². The fraction of sp³-hybridized carbons (Fsp3) is 0.600. The Bertz CT molecular complexity index is 494. The third kappa shape index (κ3) is 9.17. The molecule has 0 saturated carbocycles. The third-order valence-corrected chi connectivity index (χ3v) is 4.04. The molecular formula is C20H32N2O. The quantitative estimate of drug-likeness (QED) is 0.333. The maximum Gasteiger partial charge on any atom is 0.240 e. The zero-order chi connectivity index (χ0) is 16.9. The van der Waals surface area contributed by atoms with Gasteiger partial charge in [-0.1, -0.05) is 81.7 Å². The monoisotopic (exact) mass is 316 g/mol. The second-order valence-electron chi connectivity index (χ2n) is 6.33. The van der Waals surface area contributed by atoms with Crippen molar-refractivity contribution in [3.05, 3.63) is 35.4 Å². The molecule has 0 aliphatic carbocycles. The van der Waals surface area contributed by atoms with E-state index in [1.54, 1.807) is 0 Å². The average Bonchev–Trinajstić information content (AvgIpc) is 2.55. The first-order valence-electron chi connectivity index (χ1n) is 9.03. The standard InChI is InChI=1S/C20H32N2O/c1-4-5-6-7-8-9-10-11-15-20(23)22-21-18(3)19-14-12-13-17(2)16-19/h12-14,16H,4-11,15H2,1-3H3,(H,22,23). The minimum absolute atomic E-state index is 0.0167. The van der Waals surface area contributed by atoms with Gasteiger partial charge in [0, 0.05) is 6.42 Å². The number of hydrazone groups is 1. The summed E-state index contributed by atoms with van der Waals surface area (Å²) < 4.78 is 0. The van der Waals surface area contributed by atoms with E-state index in [4.69, 9.17) is 0 Å². The molecule has 1 rings (SSSR count). The van der Waals surface area contributed by atoms with Gasteiger partial charge >= 0.3 is 0 Å². The van der Waals surface area contributed by atoms with Crippen LogP contribution in [-0.2, 0) is 4.79 Å². The Kier molecular flexibility index (Phi) is 10.0. The largest absolute Gasteiger partial charge is 0.273 e. The van der Waals surface area contributed by atoms with Crippen molar-refractivity contribution in [3.63, 3.8) is 0 Å². The Hall–Kier alpha value is -1.64. The predicted molar refractivity (Wildman–Crippen MR) is 98.8 cm³/mol. The number of aryl methyl sites for hydroxylation is 1. The number of benzene rings is 1. The minimum Gasteiger partial charge on any atom is -0.273 e. The zero-order valence-electron chi connectivity index (χ0n) is 15.0. The maximum atomic E-state index is 11.8. The van der Waals surface area contributed by atoms with Gasteiger partial charge in [-0.05, 0) is 25.8 Å². The number of carbonyl (C=O) groups is 1. The summed E-state index contributed by atoms with van der Waals surface area (Å²) >= 11 is 0. The molecule has 23 heavy (non-hydrogen) atoms. The number of nitrogens with zero attached hydrogens (tertiary/aromatic N) is 1. The fourth-order valence-electron chi connectivity index (χ4n) is 2.56. The van der Waals surface area contributed by atoms with Crippen molar-refractivity contribution in [2.75, 3.05) is 0 Å². The van der Waals surface area contributed by atoms with Crippen LogP contribution < -0.4 is 5.43 Å². The molecule has 0 saturated heterocycles. The molecule has 0 bridgehead atoms. The lowest BCUT2D eigenvalue weighted by molar-refractivity contribution is -0.121. The van der Waals surface area contributed by atoms with Crippen LogP contribution in [-0.4, -0.2) is 11.6 Å². The SMILES string of the molecule is CCCCCCCCCCC(=O)NN=C(C)c1cccc(C)c1. The molecule has 0 radical (unpaired) electrons. The van der Waals surface area contributed by atoms with E-state index in [-0.39, 0.29) is 5.91 Å². The van der Waals surface area contributed by atoms with Crippen LogP contribution in [0.1, 0.15) is 82.8 Å². The van der Waals surface area contributed by atoms with Gasteiger partial charge in [-0.3, -0.25) is 4.79 Å². The van der Waals surface area contributed by atoms with Crippen LogP contribution in [0.3, 0.4) is 0 Å². The topological polar surface area (TPSA) is 41.5 Å². The van der Waals surface area contributed by atoms with Crippen LogP contribution in [0.15, 0.2) is 29.4 Å². The van der Waals surface area contributed by atoms with Gasteiger partial charge in [0.1, 0.15) is 0 Å². The van der Waals surface area contributed by atoms with Crippen molar-refractivity contribution >= 4 is 11.6 Å². The fourth-order valence-corrected chi connectivity index (χ4v) is 2.56. The smallest absolute Gasteiger partial charge is 0.240 e. The van der Waals surface area contributed by atoms with E-state index in [1.807, 2.05) is 19.1 Å². The molecular weight excluding hydrogens is 284 g/mol. The van der Waals surface area contributed by atoms with E-state index in [0.717, 1.165) is 24.1 Å². The van der Waals surface area contributed by atoms with E-state index in [2.05, 4.69) is 36.5 Å². The highest BCUT2D eigenvalue weighted by Crippen LogP contribution is 2.09. The van der Waals surface area contributed by atoms with Crippen LogP contribution in [0.2, 0.25) is 0 Å². The van der Waals surface area contributed by atoms with E-state index in [0.29, 0.717) is 6.42 Å². The zero-order valence-corrected chi connectivity index (χ0v) is 15.0. The highest BCUT2D eigenvalue weighted by atomic mass is 16.2. The molecule has 1 N–H and O–H groups in total. The Morgan fingerprint density at radius 2 is 1.70 bits per heavy atom. The lowest BCUT2D eigenvalue weighted by Crippen LogP contribution is -2.18. The normalized spacial score (nSPS) is 11.5. The van der Waals surface area contributed by atoms with E-state index in [9.17, 15) is 4.79 Å². The molecule has 1 aromatic rings. The molecule has 0 unspecified atom stereocenters. The number of hydrogen-bond acceptors (Lipinski definition) is 2. The summed E-state index contributed by atoms with van der Waals surface area (Å²) in [6.07, 6.45) is 10.5. The molecule has 0 aliphatic rings. The van der Waals surface area contributed by atoms with Gasteiger partial charge in [0.05, 0.1) is 5.71 Å². The van der Waals surface area contributed by atoms with E-state index >= 15 is 0 Å². The van der Waals surface area contributed by atoms with Crippen LogP contribution in [0.25, 0.3) is 0 Å². The third-order valence-electron chi connectivity index (χ3n) is 4.04. The number of rotatable bonds is 11. The van der Waals surface area contributed by atoms with E-state index < -0.39 is 0 Å². The summed E-state index contributed by atoms with van der Waals surface area (Å²) in [7, 11) is 0. The molecule has 0 atom stereocenters. The summed E-state index contributed by atoms with van der Waals surface area (Å²) in [5.41, 5.74) is 5.76. The number of amides is 1. The summed E-state index contributed by atoms with van der Waals surface area (Å²) in [6.45, 7) is 6.21. The van der Waals surface area contributed by atoms with Gasteiger partial charge in [-0.15, -0.1) is 0 Å². The highest BCUT2D eigenvalue weighted by Gasteiger charge is 2.02. The average molecular weight is 316 g/mol. The second kappa shape index (κ2) is 11.9. The number of hydrogen-bond donors (Lipinski definition) is 1.